The van der Waals surface area contributed by atoms with E-state index in [-0.39, 0.29) is 27.5 Å². The van der Waals surface area contributed by atoms with Crippen molar-refractivity contribution in [1.29, 1.82) is 0 Å². The lowest BCUT2D eigenvalue weighted by atomic mass is 9.39. The highest BCUT2D eigenvalue weighted by Crippen LogP contribution is 2.72. The molecule has 5 aromatic heterocycles. The van der Waals surface area contributed by atoms with Crippen LogP contribution in [-0.2, 0) is 43.4 Å². The molecule has 2 unspecified atom stereocenters. The number of hydrogen-bond acceptors (Lipinski definition) is 17. The maximum absolute atomic E-state index is 13.3. The quantitative estimate of drug-likeness (QED) is 0.0389. The molecule has 4 fully saturated rings. The van der Waals surface area contributed by atoms with Gasteiger partial charge in [0.1, 0.15) is 11.5 Å². The topological polar surface area (TPSA) is 202 Å². The van der Waals surface area contributed by atoms with Crippen molar-refractivity contribution in [2.45, 2.75) is 124 Å². The Kier molecular flexibility index (Phi) is 17.8. The first-order valence-electron chi connectivity index (χ1n) is 27.1. The van der Waals surface area contributed by atoms with Crippen molar-refractivity contribution in [3.05, 3.63) is 77.5 Å². The summed E-state index contributed by atoms with van der Waals surface area (Å²) in [5, 5.41) is 37.9. The molecule has 4 saturated carbocycles. The molecule has 0 saturated heterocycles. The Morgan fingerprint density at radius 3 is 2.24 bits per heavy atom. The minimum Gasteiger partial charge on any atom is -0.476 e. The highest BCUT2D eigenvalue weighted by Gasteiger charge is 2.66. The number of carboxylic acids is 1. The predicted molar refractivity (Wildman–Crippen MR) is 294 cm³/mol. The van der Waals surface area contributed by atoms with Crippen LogP contribution in [-0.4, -0.2) is 147 Å². The summed E-state index contributed by atoms with van der Waals surface area (Å²) in [5.74, 6) is 0.497. The number of aryl methyl sites for hydroxylation is 2. The van der Waals surface area contributed by atoms with Gasteiger partial charge in [0.15, 0.2) is 22.5 Å². The molecule has 2 atom stereocenters. The van der Waals surface area contributed by atoms with Gasteiger partial charge < -0.3 is 43.9 Å². The number of nitrogens with zero attached hydrogens (tertiary/aromatic N) is 11. The van der Waals surface area contributed by atoms with Crippen LogP contribution >= 0.6 is 11.3 Å². The van der Waals surface area contributed by atoms with Crippen LogP contribution in [0.5, 0.6) is 0 Å². The van der Waals surface area contributed by atoms with E-state index in [4.69, 9.17) is 43.8 Å². The number of hydrogen-bond donors (Lipinski definition) is 2. The van der Waals surface area contributed by atoms with E-state index in [1.807, 2.05) is 71.4 Å². The molecule has 19 nitrogen and oxygen atoms in total. The number of aromatic carboxylic acids is 1. The molecule has 1 aromatic carbocycles. The van der Waals surface area contributed by atoms with E-state index < -0.39 is 5.97 Å². The third-order valence-corrected chi connectivity index (χ3v) is 16.1. The largest absolute Gasteiger partial charge is 0.476 e. The van der Waals surface area contributed by atoms with Gasteiger partial charge in [-0.2, -0.15) is 5.10 Å². The van der Waals surface area contributed by atoms with E-state index in [0.717, 1.165) is 122 Å². The van der Waals surface area contributed by atoms with Gasteiger partial charge in [-0.25, -0.2) is 14.8 Å². The van der Waals surface area contributed by atoms with Gasteiger partial charge in [-0.05, 0) is 144 Å². The number of aromatic nitrogens is 9. The molecule has 5 heterocycles. The fraction of sp³-hybridized carbons (Fsp3) is 0.607. The number of unbranched alkanes of at least 4 members (excludes halogenated alkanes) is 2. The molecule has 2 N–H and O–H groups in total. The van der Waals surface area contributed by atoms with Gasteiger partial charge >= 0.3 is 5.97 Å². The fourth-order valence-corrected chi connectivity index (χ4v) is 13.9. The van der Waals surface area contributed by atoms with Crippen LogP contribution in [0.25, 0.3) is 21.3 Å². The van der Waals surface area contributed by atoms with E-state index in [1.165, 1.54) is 6.42 Å². The normalized spacial score (nSPS) is 21.8. The Balaban J connectivity index is 0.866. The molecule has 4 aliphatic carbocycles. The highest BCUT2D eigenvalue weighted by molar-refractivity contribution is 7.22. The van der Waals surface area contributed by atoms with E-state index in [2.05, 4.69) is 72.1 Å². The number of carbonyl (C=O) groups is 1. The first-order valence-corrected chi connectivity index (χ1v) is 28.0. The summed E-state index contributed by atoms with van der Waals surface area (Å²) in [6.07, 6.45) is 13.9. The van der Waals surface area contributed by atoms with Crippen LogP contribution in [0.15, 0.2) is 54.9 Å². The first-order chi connectivity index (χ1) is 36.6. The summed E-state index contributed by atoms with van der Waals surface area (Å²) in [5.41, 5.74) is 5.01. The van der Waals surface area contributed by atoms with Crippen LogP contribution in [0, 0.1) is 30.1 Å². The van der Waals surface area contributed by atoms with Crippen molar-refractivity contribution in [1.82, 2.24) is 49.8 Å². The fourth-order valence-electron chi connectivity index (χ4n) is 13.1. The van der Waals surface area contributed by atoms with Gasteiger partial charge in [0.05, 0.1) is 81.1 Å². The molecule has 0 aliphatic heterocycles. The van der Waals surface area contributed by atoms with E-state index in [1.54, 1.807) is 11.3 Å². The number of fused-ring (bicyclic) bond motifs is 1. The summed E-state index contributed by atoms with van der Waals surface area (Å²) in [6, 6.07) is 13.7. The summed E-state index contributed by atoms with van der Waals surface area (Å²) in [6.45, 7) is 18.8. The van der Waals surface area contributed by atoms with Crippen molar-refractivity contribution in [3.63, 3.8) is 0 Å². The lowest BCUT2D eigenvalue weighted by Gasteiger charge is -2.69. The van der Waals surface area contributed by atoms with Gasteiger partial charge in [-0.15, -0.1) is 15.3 Å². The number of thiazole rings is 1. The molecular weight excluding hydrogens is 985 g/mol. The summed E-state index contributed by atoms with van der Waals surface area (Å²) < 4.78 is 34.3. The average Bonchev–Trinajstić information content (AvgIpc) is 4.20. The summed E-state index contributed by atoms with van der Waals surface area (Å²) in [7, 11) is 4.20. The van der Waals surface area contributed by atoms with E-state index in [9.17, 15) is 9.90 Å². The standard InChI is InChI=1S/C56H78N12O7S/c1-8-21-71-23-24-72-25-26-73-27-28-74-32-42-31-66(64-61-42)18-12-9-13-19-67(48-29-40(2)50(63-62-48)60-52-58-45-14-10-11-15-46(45)76-52)47-17-16-43(49(59-47)51(69)70)44-30-57-68(41(44)3)39-55-34-53(4)33-54(5,35-55)37-56(36-53,38-55)75-22-20-65(6)7/h10-11,14-17,29-31H,8-9,12-13,18-28,32-39H2,1-7H3,(H,69,70)(H,58,60,63). The predicted octanol–water partition coefficient (Wildman–Crippen LogP) is 9.68. The van der Waals surface area contributed by atoms with Crippen LogP contribution in [0.3, 0.4) is 0 Å². The maximum atomic E-state index is 13.3. The third kappa shape index (κ3) is 13.6. The van der Waals surface area contributed by atoms with Crippen molar-refractivity contribution in [2.75, 3.05) is 90.3 Å². The summed E-state index contributed by atoms with van der Waals surface area (Å²) in [4.78, 5) is 27.1. The van der Waals surface area contributed by atoms with Gasteiger partial charge in [0.2, 0.25) is 0 Å². The Labute approximate surface area is 451 Å². The number of nitrogens with one attached hydrogen (secondary N) is 1. The second-order valence-electron chi connectivity index (χ2n) is 22.6. The maximum Gasteiger partial charge on any atom is 0.355 e. The molecule has 76 heavy (non-hydrogen) atoms. The summed E-state index contributed by atoms with van der Waals surface area (Å²) >= 11 is 1.55. The Hall–Kier alpha value is -5.48. The average molecular weight is 1060 g/mol. The minimum absolute atomic E-state index is 0.0327. The Bertz CT molecular complexity index is 2840. The molecule has 0 spiro atoms. The minimum atomic E-state index is -1.11. The second-order valence-corrected chi connectivity index (χ2v) is 23.6. The van der Waals surface area contributed by atoms with Crippen molar-refractivity contribution >= 4 is 50.1 Å². The number of rotatable bonds is 31. The molecule has 4 aliphatic rings. The second kappa shape index (κ2) is 24.5. The molecule has 0 amide bonds. The SMILES string of the molecule is CCCOCCOCCOCCOCc1cn(CCCCCN(c2cc(C)c(Nc3nc4ccccc4s3)nn2)c2ccc(-c3cnn(CC45CC6(C)CC(C)(C4)CC(OCCN(C)C)(C6)C5)c3C)c(C(=O)O)n2)nn1. The van der Waals surface area contributed by atoms with E-state index in [0.29, 0.717) is 82.4 Å². The third-order valence-electron chi connectivity index (χ3n) is 15.2. The number of para-hydroxylation sites is 1. The van der Waals surface area contributed by atoms with Gasteiger partial charge in [-0.1, -0.05) is 49.5 Å². The number of anilines is 4. The molecule has 20 heteroatoms. The number of likely N-dealkylation sites (N-methyl/N-ethyl adjacent to an activating group) is 1. The number of ether oxygens (including phenoxy) is 5. The van der Waals surface area contributed by atoms with Gasteiger partial charge in [-0.3, -0.25) is 9.36 Å². The molecule has 6 aromatic rings. The van der Waals surface area contributed by atoms with Crippen LogP contribution in [0.4, 0.5) is 22.6 Å². The lowest BCUT2D eigenvalue weighted by Crippen LogP contribution is -2.64. The first kappa shape index (κ1) is 55.3. The van der Waals surface area contributed by atoms with Crippen LogP contribution in [0.1, 0.15) is 112 Å². The van der Waals surface area contributed by atoms with Gasteiger partial charge in [0, 0.05) is 49.6 Å². The number of pyridine rings is 1. The molecule has 410 valence electrons. The highest BCUT2D eigenvalue weighted by atomic mass is 32.1. The Morgan fingerprint density at radius 1 is 0.789 bits per heavy atom. The zero-order chi connectivity index (χ0) is 53.3. The molecule has 10 rings (SSSR count). The molecule has 0 radical (unpaired) electrons. The number of carboxylic acid groups (broad SMARTS) is 1. The van der Waals surface area contributed by atoms with E-state index >= 15 is 0 Å². The Morgan fingerprint density at radius 2 is 1.53 bits per heavy atom. The lowest BCUT2D eigenvalue weighted by molar-refractivity contribution is -0.248. The van der Waals surface area contributed by atoms with Crippen LogP contribution < -0.4 is 10.2 Å². The zero-order valence-corrected chi connectivity index (χ0v) is 46.5. The molecular formula is C56H78N12O7S. The monoisotopic (exact) mass is 1060 g/mol. The van der Waals surface area contributed by atoms with Crippen molar-refractivity contribution < 1.29 is 33.6 Å². The van der Waals surface area contributed by atoms with Crippen LogP contribution in [0.2, 0.25) is 0 Å². The van der Waals surface area contributed by atoms with Crippen molar-refractivity contribution in [2.24, 2.45) is 16.2 Å². The zero-order valence-electron chi connectivity index (χ0n) is 45.7. The molecule has 4 bridgehead atoms. The smallest absolute Gasteiger partial charge is 0.355 e. The van der Waals surface area contributed by atoms with Gasteiger partial charge in [0.25, 0.3) is 0 Å². The number of benzene rings is 1. The van der Waals surface area contributed by atoms with Crippen molar-refractivity contribution in [3.8, 4) is 11.1 Å².